The average molecular weight is 979 g/mol. The highest BCUT2D eigenvalue weighted by atomic mass is 16.3. The zero-order valence-electron chi connectivity index (χ0n) is 41.3. The lowest BCUT2D eigenvalue weighted by molar-refractivity contribution is -0.136. The number of primary amides is 1. The molecule has 0 fully saturated rings. The van der Waals surface area contributed by atoms with Crippen molar-refractivity contribution in [2.75, 3.05) is 19.6 Å². The lowest BCUT2D eigenvalue weighted by atomic mass is 9.91. The fraction of sp³-hybridized carbons (Fsp3) is 0.562. The minimum absolute atomic E-state index is 0.0235. The van der Waals surface area contributed by atoms with Crippen LogP contribution in [-0.2, 0) is 46.4 Å². The number of hydrogen-bond acceptors (Lipinski definition) is 11. The number of phenolic OH excluding ortho intramolecular Hbond substituents is 1. The van der Waals surface area contributed by atoms with E-state index >= 15 is 0 Å². The van der Waals surface area contributed by atoms with Gasteiger partial charge >= 0.3 is 0 Å². The van der Waals surface area contributed by atoms with Gasteiger partial charge in [-0.1, -0.05) is 83.5 Å². The summed E-state index contributed by atoms with van der Waals surface area (Å²) < 4.78 is 0. The molecule has 0 radical (unpaired) electrons. The van der Waals surface area contributed by atoms with Crippen molar-refractivity contribution in [2.24, 2.45) is 55.7 Å². The number of hydrogen-bond donors (Lipinski definition) is 13. The molecule has 0 aliphatic carbocycles. The van der Waals surface area contributed by atoms with E-state index in [1.807, 2.05) is 27.7 Å². The van der Waals surface area contributed by atoms with Gasteiger partial charge in [0.15, 0.2) is 11.9 Å². The van der Waals surface area contributed by atoms with E-state index in [1.54, 1.807) is 49.4 Å². The second-order valence-electron chi connectivity index (χ2n) is 18.6. The number of amides is 7. The van der Waals surface area contributed by atoms with Crippen LogP contribution in [0, 0.1) is 11.3 Å². The lowest BCUT2D eigenvalue weighted by Gasteiger charge is -2.29. The Kier molecular flexibility index (Phi) is 25.8. The Bertz CT molecular complexity index is 2050. The molecule has 0 aromatic heterocycles. The van der Waals surface area contributed by atoms with Crippen molar-refractivity contribution in [2.45, 2.75) is 141 Å². The van der Waals surface area contributed by atoms with Gasteiger partial charge in [-0.25, -0.2) is 0 Å². The Morgan fingerprint density at radius 3 is 1.49 bits per heavy atom. The lowest BCUT2D eigenvalue weighted by Crippen LogP contribution is -2.61. The van der Waals surface area contributed by atoms with Gasteiger partial charge in [0.1, 0.15) is 42.0 Å². The third-order valence-corrected chi connectivity index (χ3v) is 11.2. The van der Waals surface area contributed by atoms with E-state index in [2.05, 4.69) is 41.9 Å². The summed E-state index contributed by atoms with van der Waals surface area (Å²) in [6, 6.07) is 7.51. The molecule has 2 rings (SSSR count). The molecule has 7 amide bonds. The molecule has 22 heteroatoms. The maximum atomic E-state index is 14.6. The second kappa shape index (κ2) is 30.5. The average Bonchev–Trinajstić information content (AvgIpc) is 3.29. The molecule has 2 aromatic carbocycles. The van der Waals surface area contributed by atoms with Gasteiger partial charge in [-0.15, -0.1) is 0 Å². The largest absolute Gasteiger partial charge is 0.508 e. The Balaban J connectivity index is 2.58. The van der Waals surface area contributed by atoms with E-state index in [0.29, 0.717) is 43.4 Å². The van der Waals surface area contributed by atoms with E-state index in [9.17, 15) is 38.7 Å². The summed E-state index contributed by atoms with van der Waals surface area (Å²) in [4.78, 5) is 105. The summed E-state index contributed by atoms with van der Waals surface area (Å²) >= 11 is 0. The van der Waals surface area contributed by atoms with Crippen LogP contribution < -0.4 is 66.3 Å². The molecular formula is C48H78N14O8. The van der Waals surface area contributed by atoms with Crippen LogP contribution in [0.4, 0.5) is 0 Å². The topological polar surface area (TPSA) is 393 Å². The molecule has 22 nitrogen and oxygen atoms in total. The zero-order valence-corrected chi connectivity index (χ0v) is 41.3. The monoisotopic (exact) mass is 979 g/mol. The molecule has 0 heterocycles. The molecule has 7 atom stereocenters. The maximum absolute atomic E-state index is 14.6. The fourth-order valence-corrected chi connectivity index (χ4v) is 7.22. The number of carbonyl (C=O) groups excluding carboxylic acids is 7. The van der Waals surface area contributed by atoms with Gasteiger partial charge < -0.3 is 71.4 Å². The molecule has 0 aliphatic heterocycles. The number of nitrogens with zero attached hydrogens (tertiary/aromatic N) is 2. The summed E-state index contributed by atoms with van der Waals surface area (Å²) in [5.74, 6) is -5.59. The molecule has 388 valence electrons. The summed E-state index contributed by atoms with van der Waals surface area (Å²) in [5, 5.41) is 26.6. The molecule has 0 saturated heterocycles. The van der Waals surface area contributed by atoms with Crippen LogP contribution in [0.5, 0.6) is 5.75 Å². The third kappa shape index (κ3) is 23.4. The SMILES string of the molecule is CCC(C)C(NC(=O)C(CCCN=C(N)N)NC(=O)C(Cc1ccc(O)cc1)NC(=O)C(Cc1ccccc1)NC(=O)C(CCCN=C(N)N)NC(=O)CC(C)(C)C)C(=O)NC(CCCCN)C(N)=O. The minimum Gasteiger partial charge on any atom is -0.508 e. The first-order chi connectivity index (χ1) is 33.0. The van der Waals surface area contributed by atoms with Crippen LogP contribution >= 0.6 is 0 Å². The Labute approximate surface area is 411 Å². The van der Waals surface area contributed by atoms with Gasteiger partial charge in [-0.2, -0.15) is 0 Å². The molecular weight excluding hydrogens is 901 g/mol. The first-order valence-electron chi connectivity index (χ1n) is 23.8. The summed E-state index contributed by atoms with van der Waals surface area (Å²) in [6.07, 6.45) is 2.35. The number of nitrogens with two attached hydrogens (primary N) is 6. The summed E-state index contributed by atoms with van der Waals surface area (Å²) in [7, 11) is 0. The second-order valence-corrected chi connectivity index (χ2v) is 18.6. The quantitative estimate of drug-likeness (QED) is 0.0253. The highest BCUT2D eigenvalue weighted by Crippen LogP contribution is 2.19. The number of benzene rings is 2. The Morgan fingerprint density at radius 2 is 1.01 bits per heavy atom. The van der Waals surface area contributed by atoms with Gasteiger partial charge in [0.2, 0.25) is 41.4 Å². The van der Waals surface area contributed by atoms with E-state index in [0.717, 1.165) is 0 Å². The number of aliphatic imine (C=N–C) groups is 2. The number of unbranched alkanes of at least 4 members (excludes halogenated alkanes) is 1. The van der Waals surface area contributed by atoms with E-state index in [-0.39, 0.29) is 81.6 Å². The predicted molar refractivity (Wildman–Crippen MR) is 269 cm³/mol. The van der Waals surface area contributed by atoms with Crippen molar-refractivity contribution < 1.29 is 38.7 Å². The van der Waals surface area contributed by atoms with Crippen molar-refractivity contribution in [1.82, 2.24) is 31.9 Å². The van der Waals surface area contributed by atoms with E-state index in [1.165, 1.54) is 12.1 Å². The normalized spacial score (nSPS) is 14.1. The van der Waals surface area contributed by atoms with Crippen molar-refractivity contribution in [1.29, 1.82) is 0 Å². The van der Waals surface area contributed by atoms with Crippen molar-refractivity contribution in [3.8, 4) is 5.75 Å². The Hall–Kier alpha value is -6.97. The first kappa shape index (κ1) is 59.2. The van der Waals surface area contributed by atoms with Crippen LogP contribution in [0.2, 0.25) is 0 Å². The first-order valence-corrected chi connectivity index (χ1v) is 23.8. The molecule has 0 bridgehead atoms. The fourth-order valence-electron chi connectivity index (χ4n) is 7.22. The summed E-state index contributed by atoms with van der Waals surface area (Å²) in [6.45, 7) is 9.84. The summed E-state index contributed by atoms with van der Waals surface area (Å²) in [5.41, 5.74) is 34.1. The smallest absolute Gasteiger partial charge is 0.243 e. The molecule has 7 unspecified atom stereocenters. The van der Waals surface area contributed by atoms with E-state index in [4.69, 9.17) is 34.4 Å². The maximum Gasteiger partial charge on any atom is 0.243 e. The van der Waals surface area contributed by atoms with Crippen LogP contribution in [0.1, 0.15) is 104 Å². The molecule has 2 aromatic rings. The number of nitrogens with one attached hydrogen (secondary N) is 6. The van der Waals surface area contributed by atoms with Crippen LogP contribution in [0.15, 0.2) is 64.6 Å². The van der Waals surface area contributed by atoms with Crippen molar-refractivity contribution in [3.05, 3.63) is 65.7 Å². The Morgan fingerprint density at radius 1 is 0.571 bits per heavy atom. The molecule has 0 aliphatic rings. The predicted octanol–water partition coefficient (Wildman–Crippen LogP) is -0.710. The molecule has 19 N–H and O–H groups in total. The number of aromatic hydroxyl groups is 1. The number of carbonyl (C=O) groups is 7. The molecule has 0 saturated carbocycles. The van der Waals surface area contributed by atoms with Gasteiger partial charge in [0.25, 0.3) is 0 Å². The van der Waals surface area contributed by atoms with Crippen LogP contribution in [0.25, 0.3) is 0 Å². The minimum atomic E-state index is -1.39. The van der Waals surface area contributed by atoms with Crippen molar-refractivity contribution >= 4 is 53.3 Å². The number of rotatable bonds is 31. The number of guanidine groups is 2. The van der Waals surface area contributed by atoms with Gasteiger partial charge in [0.05, 0.1) is 0 Å². The van der Waals surface area contributed by atoms with Crippen LogP contribution in [-0.4, -0.2) is 114 Å². The highest BCUT2D eigenvalue weighted by Gasteiger charge is 2.35. The van der Waals surface area contributed by atoms with Gasteiger partial charge in [-0.05, 0) is 86.1 Å². The molecule has 0 spiro atoms. The van der Waals surface area contributed by atoms with Gasteiger partial charge in [0, 0.05) is 32.4 Å². The van der Waals surface area contributed by atoms with Gasteiger partial charge in [-0.3, -0.25) is 43.5 Å². The standard InChI is InChI=1S/C48H78N14O8/c1-6-29(2)39(45(70)58-33(40(50)65)16-10-11-23-49)62-42(67)35(18-13-25-56-47(53)54)59-43(68)37(27-31-19-21-32(63)22-20-31)61-44(69)36(26-30-14-8-7-9-15-30)60-41(66)34(17-12-24-55-46(51)52)57-38(64)28-48(3,4)5/h7-9,14-15,19-22,29,33-37,39,63H,6,10-13,16-18,23-28,49H2,1-5H3,(H2,50,65)(H,57,64)(H,58,70)(H,59,68)(H,60,66)(H,61,69)(H,62,67)(H4,51,52,55)(H4,53,54,56). The van der Waals surface area contributed by atoms with E-state index < -0.39 is 83.0 Å². The zero-order chi connectivity index (χ0) is 52.4. The molecule has 70 heavy (non-hydrogen) atoms. The van der Waals surface area contributed by atoms with Crippen LogP contribution in [0.3, 0.4) is 0 Å². The number of phenols is 1. The third-order valence-electron chi connectivity index (χ3n) is 11.2. The van der Waals surface area contributed by atoms with Crippen molar-refractivity contribution in [3.63, 3.8) is 0 Å². The highest BCUT2D eigenvalue weighted by molar-refractivity contribution is 5.97.